The quantitative estimate of drug-likeness (QED) is 0.862. The summed E-state index contributed by atoms with van der Waals surface area (Å²) in [6.45, 7) is 1.79. The molecule has 2 heterocycles. The van der Waals surface area contributed by atoms with Gasteiger partial charge in [0.15, 0.2) is 0 Å². The smallest absolute Gasteiger partial charge is 0.287 e. The van der Waals surface area contributed by atoms with Gasteiger partial charge in [-0.15, -0.1) is 0 Å². The Morgan fingerprint density at radius 1 is 1.47 bits per heavy atom. The number of anilines is 2. The van der Waals surface area contributed by atoms with Gasteiger partial charge in [0.05, 0.1) is 36.4 Å². The zero-order valence-electron chi connectivity index (χ0n) is 10.6. The van der Waals surface area contributed by atoms with E-state index in [0.717, 1.165) is 16.1 Å². The van der Waals surface area contributed by atoms with Crippen LogP contribution in [0.25, 0.3) is 0 Å². The molecule has 0 atom stereocenters. The van der Waals surface area contributed by atoms with E-state index in [1.165, 1.54) is 6.20 Å². The van der Waals surface area contributed by atoms with Crippen molar-refractivity contribution in [2.75, 3.05) is 11.9 Å². The molecule has 2 rings (SSSR count). The number of rotatable bonds is 4. The number of aromatic nitrogens is 4. The maximum absolute atomic E-state index is 11.9. The van der Waals surface area contributed by atoms with Crippen LogP contribution >= 0.6 is 11.6 Å². The van der Waals surface area contributed by atoms with Gasteiger partial charge >= 0.3 is 0 Å². The molecule has 2 aromatic heterocycles. The minimum atomic E-state index is -0.442. The Kier molecular flexibility index (Phi) is 3.87. The average Bonchev–Trinajstić information content (AvgIpc) is 2.67. The van der Waals surface area contributed by atoms with Crippen LogP contribution in [-0.4, -0.2) is 31.3 Å². The lowest BCUT2D eigenvalue weighted by molar-refractivity contribution is 0.266. The summed E-state index contributed by atoms with van der Waals surface area (Å²) in [5.41, 5.74) is 1.52. The van der Waals surface area contributed by atoms with Gasteiger partial charge in [0.2, 0.25) is 0 Å². The van der Waals surface area contributed by atoms with Gasteiger partial charge in [-0.05, 0) is 6.92 Å². The van der Waals surface area contributed by atoms with Crippen molar-refractivity contribution in [1.29, 1.82) is 0 Å². The van der Waals surface area contributed by atoms with Crippen molar-refractivity contribution in [2.45, 2.75) is 13.5 Å². The first kappa shape index (κ1) is 13.6. The lowest BCUT2D eigenvalue weighted by Gasteiger charge is -2.08. The second-order valence-corrected chi connectivity index (χ2v) is 4.43. The van der Waals surface area contributed by atoms with Crippen molar-refractivity contribution in [1.82, 2.24) is 19.6 Å². The number of halogens is 1. The molecule has 0 spiro atoms. The number of nitrogens with zero attached hydrogens (tertiary/aromatic N) is 4. The highest BCUT2D eigenvalue weighted by molar-refractivity contribution is 6.33. The Morgan fingerprint density at radius 3 is 2.79 bits per heavy atom. The molecule has 0 aliphatic carbocycles. The van der Waals surface area contributed by atoms with Crippen LogP contribution in [0.3, 0.4) is 0 Å². The molecule has 0 unspecified atom stereocenters. The molecule has 102 valence electrons. The number of hydrogen-bond donors (Lipinski definition) is 2. The van der Waals surface area contributed by atoms with E-state index in [4.69, 9.17) is 16.7 Å². The maximum atomic E-state index is 11.9. The molecule has 0 aliphatic heterocycles. The van der Waals surface area contributed by atoms with Crippen molar-refractivity contribution < 1.29 is 5.11 Å². The number of hydrogen-bond acceptors (Lipinski definition) is 5. The molecular formula is C11H14ClN5O2. The van der Waals surface area contributed by atoms with E-state index in [1.54, 1.807) is 17.9 Å². The molecule has 8 heteroatoms. The molecule has 7 nitrogen and oxygen atoms in total. The lowest BCUT2D eigenvalue weighted by Crippen LogP contribution is -2.25. The third-order valence-corrected chi connectivity index (χ3v) is 2.94. The van der Waals surface area contributed by atoms with Gasteiger partial charge in [0.25, 0.3) is 5.56 Å². The highest BCUT2D eigenvalue weighted by Crippen LogP contribution is 2.22. The summed E-state index contributed by atoms with van der Waals surface area (Å²) in [4.78, 5) is 11.9. The fraction of sp³-hybridized carbons (Fsp3) is 0.364. The first-order chi connectivity index (χ1) is 9.02. The first-order valence-corrected chi connectivity index (χ1v) is 6.04. The largest absolute Gasteiger partial charge is 0.394 e. The predicted octanol–water partition coefficient (Wildman–Crippen LogP) is 0.675. The predicted molar refractivity (Wildman–Crippen MR) is 71.8 cm³/mol. The summed E-state index contributed by atoms with van der Waals surface area (Å²) in [6, 6.07) is 0. The third-order valence-electron chi connectivity index (χ3n) is 2.58. The molecule has 0 saturated carbocycles. The second kappa shape index (κ2) is 5.41. The van der Waals surface area contributed by atoms with Crippen molar-refractivity contribution >= 4 is 23.0 Å². The Labute approximate surface area is 114 Å². The van der Waals surface area contributed by atoms with Crippen LogP contribution in [0.1, 0.15) is 5.69 Å². The third kappa shape index (κ3) is 2.77. The molecule has 0 saturated heterocycles. The molecule has 0 aliphatic rings. The zero-order chi connectivity index (χ0) is 14.0. The van der Waals surface area contributed by atoms with Gasteiger partial charge in [-0.25, -0.2) is 4.68 Å². The average molecular weight is 284 g/mol. The molecule has 0 amide bonds. The van der Waals surface area contributed by atoms with Crippen molar-refractivity contribution in [2.24, 2.45) is 7.05 Å². The number of aryl methyl sites for hydroxylation is 2. The summed E-state index contributed by atoms with van der Waals surface area (Å²) in [7, 11) is 1.80. The fourth-order valence-corrected chi connectivity index (χ4v) is 1.87. The minimum Gasteiger partial charge on any atom is -0.394 e. The standard InChI is InChI=1S/C11H14ClN5O2/c1-7-9(6-16(2)15-7)14-8-5-13-17(3-4-18)11(19)10(8)12/h5-6,14,18H,3-4H2,1-2H3. The molecule has 0 bridgehead atoms. The van der Waals surface area contributed by atoms with Gasteiger partial charge in [-0.3, -0.25) is 9.48 Å². The van der Waals surface area contributed by atoms with E-state index >= 15 is 0 Å². The van der Waals surface area contributed by atoms with Crippen molar-refractivity contribution in [3.05, 3.63) is 33.5 Å². The highest BCUT2D eigenvalue weighted by Gasteiger charge is 2.11. The molecule has 2 N–H and O–H groups in total. The van der Waals surface area contributed by atoms with E-state index in [9.17, 15) is 4.79 Å². The summed E-state index contributed by atoms with van der Waals surface area (Å²) < 4.78 is 2.77. The molecule has 0 aromatic carbocycles. The maximum Gasteiger partial charge on any atom is 0.287 e. The van der Waals surface area contributed by atoms with Crippen LogP contribution in [0.2, 0.25) is 5.02 Å². The topological polar surface area (TPSA) is 85.0 Å². The summed E-state index contributed by atoms with van der Waals surface area (Å²) in [6.07, 6.45) is 3.23. The Morgan fingerprint density at radius 2 is 2.21 bits per heavy atom. The number of aliphatic hydroxyl groups excluding tert-OH is 1. The first-order valence-electron chi connectivity index (χ1n) is 5.66. The second-order valence-electron chi connectivity index (χ2n) is 4.05. The normalized spacial score (nSPS) is 10.7. The zero-order valence-corrected chi connectivity index (χ0v) is 11.3. The van der Waals surface area contributed by atoms with Crippen molar-refractivity contribution in [3.8, 4) is 0 Å². The highest BCUT2D eigenvalue weighted by atomic mass is 35.5. The van der Waals surface area contributed by atoms with Crippen LogP contribution in [0.4, 0.5) is 11.4 Å². The molecule has 0 radical (unpaired) electrons. The van der Waals surface area contributed by atoms with Gasteiger partial charge in [-0.2, -0.15) is 10.2 Å². The molecule has 19 heavy (non-hydrogen) atoms. The summed E-state index contributed by atoms with van der Waals surface area (Å²) in [5.74, 6) is 0. The van der Waals surface area contributed by atoms with Crippen molar-refractivity contribution in [3.63, 3.8) is 0 Å². The Hall–Kier alpha value is -1.86. The summed E-state index contributed by atoms with van der Waals surface area (Å²) in [5, 5.41) is 20.0. The van der Waals surface area contributed by atoms with Gasteiger partial charge in [-0.1, -0.05) is 11.6 Å². The van der Waals surface area contributed by atoms with Crippen LogP contribution in [0, 0.1) is 6.92 Å². The summed E-state index contributed by atoms with van der Waals surface area (Å²) >= 11 is 6.00. The van der Waals surface area contributed by atoms with E-state index in [1.807, 2.05) is 6.92 Å². The van der Waals surface area contributed by atoms with E-state index in [-0.39, 0.29) is 18.2 Å². The molecular weight excluding hydrogens is 270 g/mol. The fourth-order valence-electron chi connectivity index (χ4n) is 1.67. The van der Waals surface area contributed by atoms with E-state index < -0.39 is 5.56 Å². The number of nitrogens with one attached hydrogen (secondary N) is 1. The van der Waals surface area contributed by atoms with E-state index in [2.05, 4.69) is 15.5 Å². The van der Waals surface area contributed by atoms with Crippen LogP contribution in [0.5, 0.6) is 0 Å². The SMILES string of the molecule is Cc1nn(C)cc1Nc1cnn(CCO)c(=O)c1Cl. The van der Waals surface area contributed by atoms with Gasteiger partial charge < -0.3 is 10.4 Å². The molecule has 2 aromatic rings. The Balaban J connectivity index is 2.34. The lowest BCUT2D eigenvalue weighted by atomic mass is 10.3. The Bertz CT molecular complexity index is 649. The van der Waals surface area contributed by atoms with Crippen LogP contribution < -0.4 is 10.9 Å². The minimum absolute atomic E-state index is 0.0340. The van der Waals surface area contributed by atoms with E-state index in [0.29, 0.717) is 5.69 Å². The van der Waals surface area contributed by atoms with Crippen LogP contribution in [-0.2, 0) is 13.6 Å². The number of aliphatic hydroxyl groups is 1. The van der Waals surface area contributed by atoms with Gasteiger partial charge in [0, 0.05) is 13.2 Å². The van der Waals surface area contributed by atoms with Crippen LogP contribution in [0.15, 0.2) is 17.2 Å². The van der Waals surface area contributed by atoms with Gasteiger partial charge in [0.1, 0.15) is 5.02 Å². The molecule has 0 fully saturated rings. The monoisotopic (exact) mass is 283 g/mol.